The summed E-state index contributed by atoms with van der Waals surface area (Å²) in [6.07, 6.45) is 2.94. The molecule has 78 valence electrons. The second-order valence-corrected chi connectivity index (χ2v) is 3.53. The Morgan fingerprint density at radius 3 is 2.50 bits per heavy atom. The van der Waals surface area contributed by atoms with Crippen molar-refractivity contribution >= 4 is 47.2 Å². The highest BCUT2D eigenvalue weighted by Gasteiger charge is 2.14. The van der Waals surface area contributed by atoms with Crippen LogP contribution in [0.15, 0.2) is 18.9 Å². The van der Waals surface area contributed by atoms with Crippen LogP contribution < -0.4 is 5.73 Å². The van der Waals surface area contributed by atoms with Gasteiger partial charge in [-0.2, -0.15) is 0 Å². The van der Waals surface area contributed by atoms with Crippen molar-refractivity contribution in [3.05, 3.63) is 39.6 Å². The molecule has 1 aromatic rings. The molecule has 0 amide bonds. The van der Waals surface area contributed by atoms with E-state index in [4.69, 9.17) is 40.5 Å². The van der Waals surface area contributed by atoms with Gasteiger partial charge in [0.2, 0.25) is 0 Å². The number of nitrogens with two attached hydrogens (primary N) is 1. The number of halogens is 4. The molecule has 0 spiro atoms. The number of hydrogen-bond donors (Lipinski definition) is 1. The highest BCUT2D eigenvalue weighted by molar-refractivity contribution is 6.43. The van der Waals surface area contributed by atoms with E-state index in [1.54, 1.807) is 0 Å². The smallest absolute Gasteiger partial charge is 0.148 e. The first-order valence-electron chi connectivity index (χ1n) is 3.45. The highest BCUT2D eigenvalue weighted by Crippen LogP contribution is 2.33. The van der Waals surface area contributed by atoms with Crippen LogP contribution in [0.2, 0.25) is 15.2 Å². The maximum Gasteiger partial charge on any atom is 0.148 e. The summed E-state index contributed by atoms with van der Waals surface area (Å²) in [5.41, 5.74) is 6.25. The van der Waals surface area contributed by atoms with Gasteiger partial charge in [0, 0.05) is 11.8 Å². The molecular weight excluding hydrogens is 266 g/mol. The molecule has 6 heteroatoms. The van der Waals surface area contributed by atoms with Gasteiger partial charge in [-0.3, -0.25) is 0 Å². The van der Waals surface area contributed by atoms with Crippen molar-refractivity contribution in [2.24, 2.45) is 5.73 Å². The summed E-state index contributed by atoms with van der Waals surface area (Å²) < 4.78 is 0. The first kappa shape index (κ1) is 14.0. The molecule has 1 heterocycles. The quantitative estimate of drug-likeness (QED) is 0.660. The highest BCUT2D eigenvalue weighted by atomic mass is 35.5. The Hall–Kier alpha value is 0.01000. The summed E-state index contributed by atoms with van der Waals surface area (Å²) in [7, 11) is 0. The predicted octanol–water partition coefficient (Wildman–Crippen LogP) is 3.65. The molecule has 0 bridgehead atoms. The normalized spacial score (nSPS) is 11.7. The van der Waals surface area contributed by atoms with Gasteiger partial charge < -0.3 is 5.73 Å². The number of pyridine rings is 1. The minimum Gasteiger partial charge on any atom is -0.321 e. The number of rotatable bonds is 2. The van der Waals surface area contributed by atoms with Gasteiger partial charge >= 0.3 is 0 Å². The van der Waals surface area contributed by atoms with E-state index in [-0.39, 0.29) is 22.6 Å². The van der Waals surface area contributed by atoms with Crippen LogP contribution in [0.1, 0.15) is 11.6 Å². The zero-order valence-electron chi connectivity index (χ0n) is 7.01. The molecule has 14 heavy (non-hydrogen) atoms. The van der Waals surface area contributed by atoms with E-state index < -0.39 is 6.04 Å². The van der Waals surface area contributed by atoms with Gasteiger partial charge in [0.25, 0.3) is 0 Å². The molecule has 0 aliphatic heterocycles. The third-order valence-corrected chi connectivity index (χ3v) is 2.62. The summed E-state index contributed by atoms with van der Waals surface area (Å²) in [6, 6.07) is -0.430. The third-order valence-electron chi connectivity index (χ3n) is 1.55. The lowest BCUT2D eigenvalue weighted by atomic mass is 10.1. The number of hydrogen-bond acceptors (Lipinski definition) is 2. The second-order valence-electron chi connectivity index (χ2n) is 2.39. The summed E-state index contributed by atoms with van der Waals surface area (Å²) >= 11 is 17.4. The zero-order valence-corrected chi connectivity index (χ0v) is 10.1. The molecule has 1 atom stereocenters. The average Bonchev–Trinajstić information content (AvgIpc) is 2.12. The Labute approximate surface area is 103 Å². The molecule has 0 radical (unpaired) electrons. The summed E-state index contributed by atoms with van der Waals surface area (Å²) in [6.45, 7) is 3.54. The van der Waals surface area contributed by atoms with E-state index in [0.29, 0.717) is 10.6 Å². The molecule has 1 rings (SSSR count). The Balaban J connectivity index is 0.00000169. The molecule has 0 saturated carbocycles. The topological polar surface area (TPSA) is 38.9 Å². The molecule has 0 unspecified atom stereocenters. The fraction of sp³-hybridized carbons (Fsp3) is 0.125. The van der Waals surface area contributed by atoms with E-state index in [1.807, 2.05) is 0 Å². The van der Waals surface area contributed by atoms with Crippen LogP contribution in [-0.2, 0) is 0 Å². The number of nitrogens with zero attached hydrogens (tertiary/aromatic N) is 1. The van der Waals surface area contributed by atoms with Gasteiger partial charge in [-0.05, 0) is 0 Å². The second kappa shape index (κ2) is 5.79. The monoisotopic (exact) mass is 272 g/mol. The SMILES string of the molecule is C=C[C@H](N)c1c(Cl)cnc(Cl)c1Cl.Cl. The van der Waals surface area contributed by atoms with Gasteiger partial charge in [-0.25, -0.2) is 4.98 Å². The van der Waals surface area contributed by atoms with Gasteiger partial charge in [-0.1, -0.05) is 40.9 Å². The lowest BCUT2D eigenvalue weighted by Gasteiger charge is -2.11. The predicted molar refractivity (Wildman–Crippen MR) is 63.6 cm³/mol. The first-order chi connectivity index (χ1) is 6.07. The van der Waals surface area contributed by atoms with E-state index in [0.717, 1.165) is 0 Å². The Kier molecular flexibility index (Phi) is 5.79. The molecule has 0 saturated heterocycles. The van der Waals surface area contributed by atoms with Crippen molar-refractivity contribution in [1.82, 2.24) is 4.98 Å². The van der Waals surface area contributed by atoms with Crippen molar-refractivity contribution in [1.29, 1.82) is 0 Å². The van der Waals surface area contributed by atoms with Crippen LogP contribution in [-0.4, -0.2) is 4.98 Å². The van der Waals surface area contributed by atoms with Crippen molar-refractivity contribution in [2.75, 3.05) is 0 Å². The van der Waals surface area contributed by atoms with Gasteiger partial charge in [0.05, 0.1) is 16.1 Å². The largest absolute Gasteiger partial charge is 0.321 e. The molecule has 0 fully saturated rings. The fourth-order valence-corrected chi connectivity index (χ4v) is 1.62. The molecular formula is C8H8Cl4N2. The van der Waals surface area contributed by atoms with Crippen molar-refractivity contribution in [3.8, 4) is 0 Å². The Morgan fingerprint density at radius 1 is 1.43 bits per heavy atom. The van der Waals surface area contributed by atoms with Gasteiger partial charge in [-0.15, -0.1) is 19.0 Å². The molecule has 0 aromatic carbocycles. The summed E-state index contributed by atoms with van der Waals surface area (Å²) in [5, 5.41) is 0.863. The van der Waals surface area contributed by atoms with Gasteiger partial charge in [0.15, 0.2) is 0 Å². The molecule has 2 N–H and O–H groups in total. The zero-order chi connectivity index (χ0) is 10.0. The van der Waals surface area contributed by atoms with Crippen molar-refractivity contribution in [2.45, 2.75) is 6.04 Å². The van der Waals surface area contributed by atoms with Crippen LogP contribution in [0.3, 0.4) is 0 Å². The van der Waals surface area contributed by atoms with Crippen LogP contribution >= 0.6 is 47.2 Å². The van der Waals surface area contributed by atoms with Crippen LogP contribution in [0.25, 0.3) is 0 Å². The molecule has 0 aliphatic carbocycles. The van der Waals surface area contributed by atoms with Crippen LogP contribution in [0, 0.1) is 0 Å². The summed E-state index contributed by atoms with van der Waals surface area (Å²) in [5.74, 6) is 0. The minimum atomic E-state index is -0.430. The molecule has 1 aromatic heterocycles. The van der Waals surface area contributed by atoms with Gasteiger partial charge in [0.1, 0.15) is 5.15 Å². The standard InChI is InChI=1S/C8H7Cl3N2.ClH/c1-2-5(12)6-4(9)3-13-8(11)7(6)10;/h2-3,5H,1,12H2;1H/t5-;/m0./s1. The summed E-state index contributed by atoms with van der Waals surface area (Å²) in [4.78, 5) is 3.77. The third kappa shape index (κ3) is 2.75. The van der Waals surface area contributed by atoms with Crippen molar-refractivity contribution in [3.63, 3.8) is 0 Å². The fourth-order valence-electron chi connectivity index (χ4n) is 0.879. The van der Waals surface area contributed by atoms with E-state index >= 15 is 0 Å². The number of aromatic nitrogens is 1. The molecule has 2 nitrogen and oxygen atoms in total. The Bertz CT molecular complexity index is 340. The van der Waals surface area contributed by atoms with E-state index in [9.17, 15) is 0 Å². The Morgan fingerprint density at radius 2 is 2.00 bits per heavy atom. The lowest BCUT2D eigenvalue weighted by molar-refractivity contribution is 0.910. The van der Waals surface area contributed by atoms with E-state index in [1.165, 1.54) is 12.3 Å². The van der Waals surface area contributed by atoms with Crippen LogP contribution in [0.5, 0.6) is 0 Å². The average molecular weight is 274 g/mol. The van der Waals surface area contributed by atoms with Crippen LogP contribution in [0.4, 0.5) is 0 Å². The van der Waals surface area contributed by atoms with Crippen molar-refractivity contribution < 1.29 is 0 Å². The first-order valence-corrected chi connectivity index (χ1v) is 4.58. The minimum absolute atomic E-state index is 0. The lowest BCUT2D eigenvalue weighted by Crippen LogP contribution is -2.08. The maximum atomic E-state index is 5.87. The molecule has 0 aliphatic rings. The van der Waals surface area contributed by atoms with E-state index in [2.05, 4.69) is 11.6 Å². The maximum absolute atomic E-state index is 5.87.